The van der Waals surface area contributed by atoms with Crippen LogP contribution in [-0.2, 0) is 9.47 Å². The van der Waals surface area contributed by atoms with Crippen molar-refractivity contribution >= 4 is 11.8 Å². The minimum Gasteiger partial charge on any atom is -0.442 e. The molecule has 1 aliphatic heterocycles. The molecule has 0 bridgehead atoms. The Hall–Kier alpha value is -1.79. The number of alkyl carbamates (subject to hydrolysis) is 1. The van der Waals surface area contributed by atoms with Crippen LogP contribution in [-0.4, -0.2) is 70.6 Å². The molecule has 23 heavy (non-hydrogen) atoms. The molecule has 0 aromatic heterocycles. The quantitative estimate of drug-likeness (QED) is 0.860. The van der Waals surface area contributed by atoms with Crippen LogP contribution in [0.15, 0.2) is 24.3 Å². The molecular formula is C17H27N3O3. The topological polar surface area (TPSA) is 54.0 Å². The molecule has 128 valence electrons. The molecule has 1 aliphatic rings. The fourth-order valence-electron chi connectivity index (χ4n) is 2.90. The first-order chi connectivity index (χ1) is 11.1. The second-order valence-corrected chi connectivity index (χ2v) is 5.81. The lowest BCUT2D eigenvalue weighted by Gasteiger charge is -2.37. The lowest BCUT2D eigenvalue weighted by Crippen LogP contribution is -2.50. The summed E-state index contributed by atoms with van der Waals surface area (Å²) in [6, 6.07) is 8.47. The van der Waals surface area contributed by atoms with Gasteiger partial charge in [-0.15, -0.1) is 0 Å². The molecule has 6 heteroatoms. The van der Waals surface area contributed by atoms with Crippen LogP contribution in [0.25, 0.3) is 0 Å². The maximum Gasteiger partial charge on any atom is 0.407 e. The molecule has 1 aromatic rings. The number of para-hydroxylation sites is 1. The highest BCUT2D eigenvalue weighted by molar-refractivity contribution is 5.66. The highest BCUT2D eigenvalue weighted by Crippen LogP contribution is 2.20. The predicted molar refractivity (Wildman–Crippen MR) is 91.0 cm³/mol. The second kappa shape index (κ2) is 8.74. The van der Waals surface area contributed by atoms with Crippen LogP contribution in [0.2, 0.25) is 0 Å². The summed E-state index contributed by atoms with van der Waals surface area (Å²) < 4.78 is 10.5. The van der Waals surface area contributed by atoms with E-state index in [0.29, 0.717) is 13.2 Å². The standard InChI is InChI=1S/C17H27N3O3/c1-14-6-4-5-7-16(14)20-10-8-19(9-11-20)12-15(13-22-3)23-17(21)18-2/h4-7,15H,8-13H2,1-3H3,(H,18,21)/t15-/m1/s1. The van der Waals surface area contributed by atoms with E-state index in [0.717, 1.165) is 26.2 Å². The smallest absolute Gasteiger partial charge is 0.407 e. The molecule has 1 saturated heterocycles. The number of hydrogen-bond acceptors (Lipinski definition) is 5. The summed E-state index contributed by atoms with van der Waals surface area (Å²) in [5, 5.41) is 2.48. The van der Waals surface area contributed by atoms with Crippen LogP contribution >= 0.6 is 0 Å². The number of hydrogen-bond donors (Lipinski definition) is 1. The van der Waals surface area contributed by atoms with Crippen molar-refractivity contribution in [2.24, 2.45) is 0 Å². The molecule has 1 fully saturated rings. The number of benzene rings is 1. The second-order valence-electron chi connectivity index (χ2n) is 5.81. The van der Waals surface area contributed by atoms with Crippen LogP contribution in [0, 0.1) is 6.92 Å². The fourth-order valence-corrected chi connectivity index (χ4v) is 2.90. The third-order valence-corrected chi connectivity index (χ3v) is 4.12. The van der Waals surface area contributed by atoms with Gasteiger partial charge in [-0.25, -0.2) is 4.79 Å². The van der Waals surface area contributed by atoms with Gasteiger partial charge in [0.15, 0.2) is 0 Å². The van der Waals surface area contributed by atoms with E-state index in [4.69, 9.17) is 9.47 Å². The van der Waals surface area contributed by atoms with Gasteiger partial charge in [0, 0.05) is 52.6 Å². The summed E-state index contributed by atoms with van der Waals surface area (Å²) in [4.78, 5) is 16.1. The first kappa shape index (κ1) is 17.6. The van der Waals surface area contributed by atoms with Gasteiger partial charge < -0.3 is 19.7 Å². The highest BCUT2D eigenvalue weighted by Gasteiger charge is 2.22. The molecule has 2 rings (SSSR count). The number of carbonyl (C=O) groups excluding carboxylic acids is 1. The average molecular weight is 321 g/mol. The minimum absolute atomic E-state index is 0.245. The zero-order chi connectivity index (χ0) is 16.7. The van der Waals surface area contributed by atoms with E-state index < -0.39 is 6.09 Å². The summed E-state index contributed by atoms with van der Waals surface area (Å²) in [5.41, 5.74) is 2.61. The summed E-state index contributed by atoms with van der Waals surface area (Å²) in [7, 11) is 3.18. The van der Waals surface area contributed by atoms with Crippen LogP contribution in [0.1, 0.15) is 5.56 Å². The average Bonchev–Trinajstić information content (AvgIpc) is 2.56. The summed E-state index contributed by atoms with van der Waals surface area (Å²) in [6.07, 6.45) is -0.657. The molecule has 1 heterocycles. The van der Waals surface area contributed by atoms with E-state index in [1.165, 1.54) is 11.3 Å². The molecule has 0 spiro atoms. The first-order valence-corrected chi connectivity index (χ1v) is 8.04. The lowest BCUT2D eigenvalue weighted by molar-refractivity contribution is 0.0184. The van der Waals surface area contributed by atoms with E-state index in [-0.39, 0.29) is 6.10 Å². The zero-order valence-corrected chi connectivity index (χ0v) is 14.2. The van der Waals surface area contributed by atoms with Gasteiger partial charge in [0.25, 0.3) is 0 Å². The van der Waals surface area contributed by atoms with Crippen molar-refractivity contribution in [3.63, 3.8) is 0 Å². The van der Waals surface area contributed by atoms with Crippen molar-refractivity contribution in [1.82, 2.24) is 10.2 Å². The molecule has 0 unspecified atom stereocenters. The molecule has 0 saturated carbocycles. The van der Waals surface area contributed by atoms with Gasteiger partial charge in [0.2, 0.25) is 0 Å². The molecule has 1 atom stereocenters. The van der Waals surface area contributed by atoms with Gasteiger partial charge in [-0.05, 0) is 18.6 Å². The number of aryl methyl sites for hydroxylation is 1. The first-order valence-electron chi connectivity index (χ1n) is 8.04. The zero-order valence-electron chi connectivity index (χ0n) is 14.2. The SMILES string of the molecule is CNC(=O)O[C@@H](COC)CN1CCN(c2ccccc2C)CC1. The minimum atomic E-state index is -0.411. The van der Waals surface area contributed by atoms with Crippen LogP contribution in [0.3, 0.4) is 0 Å². The number of amides is 1. The molecule has 6 nitrogen and oxygen atoms in total. The fraction of sp³-hybridized carbons (Fsp3) is 0.588. The van der Waals surface area contributed by atoms with Crippen LogP contribution in [0.5, 0.6) is 0 Å². The van der Waals surface area contributed by atoms with Crippen molar-refractivity contribution in [3.8, 4) is 0 Å². The number of methoxy groups -OCH3 is 1. The maximum atomic E-state index is 11.4. The van der Waals surface area contributed by atoms with Gasteiger partial charge in [0.05, 0.1) is 6.61 Å². The Balaban J connectivity index is 1.85. The number of anilines is 1. The number of carbonyl (C=O) groups is 1. The molecule has 0 aliphatic carbocycles. The van der Waals surface area contributed by atoms with Gasteiger partial charge >= 0.3 is 6.09 Å². The number of piperazine rings is 1. The van der Waals surface area contributed by atoms with E-state index in [1.54, 1.807) is 14.2 Å². The van der Waals surface area contributed by atoms with Gasteiger partial charge in [-0.2, -0.15) is 0 Å². The Morgan fingerprint density at radius 2 is 1.96 bits per heavy atom. The van der Waals surface area contributed by atoms with Crippen LogP contribution in [0.4, 0.5) is 10.5 Å². The van der Waals surface area contributed by atoms with Gasteiger partial charge in [-0.3, -0.25) is 4.90 Å². The molecular weight excluding hydrogens is 294 g/mol. The molecule has 1 amide bonds. The Labute approximate surface area is 138 Å². The molecule has 1 N–H and O–H groups in total. The maximum absolute atomic E-state index is 11.4. The van der Waals surface area contributed by atoms with E-state index in [2.05, 4.69) is 46.3 Å². The van der Waals surface area contributed by atoms with Crippen molar-refractivity contribution in [1.29, 1.82) is 0 Å². The number of ether oxygens (including phenoxy) is 2. The molecule has 1 aromatic carbocycles. The Kier molecular flexibility index (Phi) is 6.67. The normalized spacial score (nSPS) is 16.9. The largest absolute Gasteiger partial charge is 0.442 e. The Bertz CT molecular complexity index is 502. The highest BCUT2D eigenvalue weighted by atomic mass is 16.6. The van der Waals surface area contributed by atoms with Crippen LogP contribution < -0.4 is 10.2 Å². The van der Waals surface area contributed by atoms with Crippen molar-refractivity contribution in [2.75, 3.05) is 58.4 Å². The van der Waals surface area contributed by atoms with E-state index in [9.17, 15) is 4.79 Å². The van der Waals surface area contributed by atoms with E-state index in [1.807, 2.05) is 0 Å². The number of rotatable bonds is 6. The Morgan fingerprint density at radius 3 is 2.57 bits per heavy atom. The van der Waals surface area contributed by atoms with Crippen molar-refractivity contribution in [3.05, 3.63) is 29.8 Å². The monoisotopic (exact) mass is 321 g/mol. The van der Waals surface area contributed by atoms with Gasteiger partial charge in [0.1, 0.15) is 6.10 Å². The van der Waals surface area contributed by atoms with Crippen molar-refractivity contribution < 1.29 is 14.3 Å². The Morgan fingerprint density at radius 1 is 1.26 bits per heavy atom. The summed E-state index contributed by atoms with van der Waals surface area (Å²) >= 11 is 0. The number of nitrogens with zero attached hydrogens (tertiary/aromatic N) is 2. The molecule has 0 radical (unpaired) electrons. The third kappa shape index (κ3) is 5.11. The summed E-state index contributed by atoms with van der Waals surface area (Å²) in [5.74, 6) is 0. The van der Waals surface area contributed by atoms with Crippen molar-refractivity contribution in [2.45, 2.75) is 13.0 Å². The lowest BCUT2D eigenvalue weighted by atomic mass is 10.1. The third-order valence-electron chi connectivity index (χ3n) is 4.12. The summed E-state index contributed by atoms with van der Waals surface area (Å²) in [6.45, 7) is 7.11. The number of nitrogens with one attached hydrogen (secondary N) is 1. The van der Waals surface area contributed by atoms with Gasteiger partial charge in [-0.1, -0.05) is 18.2 Å². The predicted octanol–water partition coefficient (Wildman–Crippen LogP) is 1.49. The van der Waals surface area contributed by atoms with E-state index >= 15 is 0 Å².